The molecule has 0 spiro atoms. The van der Waals surface area contributed by atoms with E-state index in [2.05, 4.69) is 31.1 Å². The van der Waals surface area contributed by atoms with Crippen molar-refractivity contribution in [3.63, 3.8) is 0 Å². The van der Waals surface area contributed by atoms with Crippen LogP contribution in [0.5, 0.6) is 0 Å². The smallest absolute Gasteiger partial charge is 0.238 e. The van der Waals surface area contributed by atoms with Crippen molar-refractivity contribution >= 4 is 5.91 Å². The number of hydrogen-bond donors (Lipinski definition) is 2. The number of nitrogens with one attached hydrogen (secondary N) is 1. The summed E-state index contributed by atoms with van der Waals surface area (Å²) in [6.07, 6.45) is 4.16. The minimum atomic E-state index is -0.452. The number of nitrogens with zero attached hydrogens (tertiary/aromatic N) is 1. The van der Waals surface area contributed by atoms with Crippen LogP contribution in [0, 0.1) is 5.92 Å². The van der Waals surface area contributed by atoms with Gasteiger partial charge in [0.25, 0.3) is 0 Å². The Morgan fingerprint density at radius 1 is 1.56 bits per heavy atom. The summed E-state index contributed by atoms with van der Waals surface area (Å²) < 4.78 is 0. The molecular weight excluding hydrogens is 226 g/mol. The summed E-state index contributed by atoms with van der Waals surface area (Å²) >= 11 is 0. The number of carbonyl (C=O) groups excluding carboxylic acids is 1. The summed E-state index contributed by atoms with van der Waals surface area (Å²) in [5, 5.41) is 3.37. The molecule has 4 heteroatoms. The first-order chi connectivity index (χ1) is 8.44. The number of amides is 1. The van der Waals surface area contributed by atoms with E-state index in [1.54, 1.807) is 0 Å². The van der Waals surface area contributed by atoms with Gasteiger partial charge < -0.3 is 16.0 Å². The lowest BCUT2D eigenvalue weighted by molar-refractivity contribution is -0.126. The molecule has 0 heterocycles. The fraction of sp³-hybridized carbons (Fsp3) is 0.929. The SMILES string of the molecule is CCNC1(C(N)=O)CCCC1CCN(C)C(C)C. The van der Waals surface area contributed by atoms with E-state index in [0.717, 1.165) is 38.8 Å². The van der Waals surface area contributed by atoms with Crippen molar-refractivity contribution in [3.8, 4) is 0 Å². The van der Waals surface area contributed by atoms with Crippen LogP contribution < -0.4 is 11.1 Å². The molecule has 106 valence electrons. The third-order valence-electron chi connectivity index (χ3n) is 4.46. The topological polar surface area (TPSA) is 58.4 Å². The lowest BCUT2D eigenvalue weighted by Crippen LogP contribution is -2.58. The highest BCUT2D eigenvalue weighted by molar-refractivity contribution is 5.85. The molecule has 1 saturated carbocycles. The van der Waals surface area contributed by atoms with Crippen molar-refractivity contribution in [1.82, 2.24) is 10.2 Å². The molecule has 18 heavy (non-hydrogen) atoms. The van der Waals surface area contributed by atoms with Gasteiger partial charge in [-0.05, 0) is 59.2 Å². The highest BCUT2D eigenvalue weighted by Gasteiger charge is 2.46. The van der Waals surface area contributed by atoms with Gasteiger partial charge in [-0.2, -0.15) is 0 Å². The van der Waals surface area contributed by atoms with Crippen molar-refractivity contribution in [2.75, 3.05) is 20.1 Å². The van der Waals surface area contributed by atoms with E-state index in [9.17, 15) is 4.79 Å². The molecule has 1 rings (SSSR count). The third kappa shape index (κ3) is 3.23. The van der Waals surface area contributed by atoms with Crippen molar-refractivity contribution in [2.45, 2.75) is 58.0 Å². The number of nitrogens with two attached hydrogens (primary N) is 1. The summed E-state index contributed by atoms with van der Waals surface area (Å²) in [6.45, 7) is 8.27. The molecule has 2 unspecified atom stereocenters. The summed E-state index contributed by atoms with van der Waals surface area (Å²) in [5.41, 5.74) is 5.21. The fourth-order valence-corrected chi connectivity index (χ4v) is 3.05. The van der Waals surface area contributed by atoms with Crippen LogP contribution in [-0.2, 0) is 4.79 Å². The van der Waals surface area contributed by atoms with E-state index < -0.39 is 5.54 Å². The normalized spacial score (nSPS) is 28.2. The zero-order chi connectivity index (χ0) is 13.8. The van der Waals surface area contributed by atoms with E-state index in [-0.39, 0.29) is 5.91 Å². The molecule has 1 amide bonds. The summed E-state index contributed by atoms with van der Waals surface area (Å²) in [6, 6.07) is 0.550. The second-order valence-electron chi connectivity index (χ2n) is 5.82. The molecule has 0 aromatic rings. The molecule has 0 aromatic carbocycles. The number of primary amides is 1. The highest BCUT2D eigenvalue weighted by atomic mass is 16.1. The molecule has 2 atom stereocenters. The quantitative estimate of drug-likeness (QED) is 0.722. The Morgan fingerprint density at radius 3 is 2.72 bits per heavy atom. The number of rotatable bonds is 7. The Balaban J connectivity index is 2.65. The van der Waals surface area contributed by atoms with Gasteiger partial charge in [0.1, 0.15) is 5.54 Å². The molecule has 1 aliphatic carbocycles. The number of likely N-dealkylation sites (N-methyl/N-ethyl adjacent to an activating group) is 1. The van der Waals surface area contributed by atoms with Crippen LogP contribution in [0.15, 0.2) is 0 Å². The largest absolute Gasteiger partial charge is 0.368 e. The van der Waals surface area contributed by atoms with Gasteiger partial charge in [0.05, 0.1) is 0 Å². The maximum absolute atomic E-state index is 11.8. The van der Waals surface area contributed by atoms with Crippen molar-refractivity contribution in [3.05, 3.63) is 0 Å². The predicted molar refractivity (Wildman–Crippen MR) is 75.3 cm³/mol. The summed E-state index contributed by atoms with van der Waals surface area (Å²) in [4.78, 5) is 14.2. The Bertz CT molecular complexity index is 280. The van der Waals surface area contributed by atoms with Gasteiger partial charge in [-0.3, -0.25) is 4.79 Å². The zero-order valence-corrected chi connectivity index (χ0v) is 12.3. The van der Waals surface area contributed by atoms with Gasteiger partial charge in [-0.15, -0.1) is 0 Å². The third-order valence-corrected chi connectivity index (χ3v) is 4.46. The minimum Gasteiger partial charge on any atom is -0.368 e. The lowest BCUT2D eigenvalue weighted by atomic mass is 9.83. The molecule has 0 radical (unpaired) electrons. The molecule has 1 fully saturated rings. The van der Waals surface area contributed by atoms with Crippen LogP contribution in [0.1, 0.15) is 46.5 Å². The fourth-order valence-electron chi connectivity index (χ4n) is 3.05. The van der Waals surface area contributed by atoms with Crippen molar-refractivity contribution in [2.24, 2.45) is 11.7 Å². The molecule has 0 saturated heterocycles. The van der Waals surface area contributed by atoms with Crippen LogP contribution in [0.4, 0.5) is 0 Å². The second kappa shape index (κ2) is 6.53. The zero-order valence-electron chi connectivity index (χ0n) is 12.3. The Labute approximate surface area is 111 Å². The average molecular weight is 255 g/mol. The van der Waals surface area contributed by atoms with E-state index in [1.807, 2.05) is 6.92 Å². The van der Waals surface area contributed by atoms with Crippen LogP contribution in [0.3, 0.4) is 0 Å². The van der Waals surface area contributed by atoms with Gasteiger partial charge in [-0.25, -0.2) is 0 Å². The maximum Gasteiger partial charge on any atom is 0.238 e. The predicted octanol–water partition coefficient (Wildman–Crippen LogP) is 1.35. The van der Waals surface area contributed by atoms with Gasteiger partial charge in [0.2, 0.25) is 5.91 Å². The monoisotopic (exact) mass is 255 g/mol. The standard InChI is InChI=1S/C14H29N3O/c1-5-16-14(13(15)18)9-6-7-12(14)8-10-17(4)11(2)3/h11-12,16H,5-10H2,1-4H3,(H2,15,18). The number of hydrogen-bond acceptors (Lipinski definition) is 3. The minimum absolute atomic E-state index is 0.168. The van der Waals surface area contributed by atoms with Gasteiger partial charge >= 0.3 is 0 Å². The van der Waals surface area contributed by atoms with Crippen LogP contribution in [-0.4, -0.2) is 42.5 Å². The lowest BCUT2D eigenvalue weighted by Gasteiger charge is -2.34. The molecule has 0 aromatic heterocycles. The van der Waals surface area contributed by atoms with Crippen molar-refractivity contribution < 1.29 is 4.79 Å². The summed E-state index contributed by atoms with van der Waals surface area (Å²) in [7, 11) is 2.14. The van der Waals surface area contributed by atoms with Crippen LogP contribution >= 0.6 is 0 Å². The first-order valence-corrected chi connectivity index (χ1v) is 7.19. The number of carbonyl (C=O) groups is 1. The van der Waals surface area contributed by atoms with E-state index in [4.69, 9.17) is 5.73 Å². The van der Waals surface area contributed by atoms with E-state index in [1.165, 1.54) is 0 Å². The van der Waals surface area contributed by atoms with Crippen LogP contribution in [0.25, 0.3) is 0 Å². The first-order valence-electron chi connectivity index (χ1n) is 7.19. The molecule has 1 aliphatic rings. The Kier molecular flexibility index (Phi) is 5.60. The van der Waals surface area contributed by atoms with E-state index >= 15 is 0 Å². The molecule has 0 bridgehead atoms. The maximum atomic E-state index is 11.8. The summed E-state index contributed by atoms with van der Waals surface area (Å²) in [5.74, 6) is 0.218. The first kappa shape index (κ1) is 15.4. The molecule has 3 N–H and O–H groups in total. The van der Waals surface area contributed by atoms with Crippen LogP contribution in [0.2, 0.25) is 0 Å². The Hall–Kier alpha value is -0.610. The highest BCUT2D eigenvalue weighted by Crippen LogP contribution is 2.38. The van der Waals surface area contributed by atoms with Gasteiger partial charge in [0, 0.05) is 6.04 Å². The molecule has 4 nitrogen and oxygen atoms in total. The average Bonchev–Trinajstić information content (AvgIpc) is 2.70. The van der Waals surface area contributed by atoms with E-state index in [0.29, 0.717) is 12.0 Å². The Morgan fingerprint density at radius 2 is 2.22 bits per heavy atom. The second-order valence-corrected chi connectivity index (χ2v) is 5.82. The van der Waals surface area contributed by atoms with Gasteiger partial charge in [0.15, 0.2) is 0 Å². The van der Waals surface area contributed by atoms with Gasteiger partial charge in [-0.1, -0.05) is 13.3 Å². The van der Waals surface area contributed by atoms with Crippen molar-refractivity contribution in [1.29, 1.82) is 0 Å². The molecular formula is C14H29N3O. The molecule has 0 aliphatic heterocycles.